The van der Waals surface area contributed by atoms with Crippen molar-refractivity contribution in [3.05, 3.63) is 36.4 Å². The SMILES string of the molecule is COc1ccc(C(=O)Nc2cnn(CCN3CCCCC3)c2)nc1. The zero-order valence-corrected chi connectivity index (χ0v) is 13.9. The van der Waals surface area contributed by atoms with E-state index in [-0.39, 0.29) is 5.91 Å². The van der Waals surface area contributed by atoms with E-state index >= 15 is 0 Å². The first-order valence-corrected chi connectivity index (χ1v) is 8.31. The van der Waals surface area contributed by atoms with Gasteiger partial charge in [-0.15, -0.1) is 0 Å². The lowest BCUT2D eigenvalue weighted by atomic mass is 10.1. The standard InChI is InChI=1S/C17H23N5O2/c1-24-15-5-6-16(18-12-15)17(23)20-14-11-19-22(13-14)10-9-21-7-3-2-4-8-21/h5-6,11-13H,2-4,7-10H2,1H3,(H,20,23). The number of hydrogen-bond acceptors (Lipinski definition) is 5. The number of aromatic nitrogens is 3. The van der Waals surface area contributed by atoms with Crippen molar-refractivity contribution < 1.29 is 9.53 Å². The van der Waals surface area contributed by atoms with E-state index < -0.39 is 0 Å². The first kappa shape index (κ1) is 16.4. The second-order valence-electron chi connectivity index (χ2n) is 5.93. The number of amides is 1. The van der Waals surface area contributed by atoms with E-state index in [0.717, 1.165) is 13.1 Å². The normalized spacial score (nSPS) is 15.2. The molecule has 0 aromatic carbocycles. The lowest BCUT2D eigenvalue weighted by Crippen LogP contribution is -2.32. The van der Waals surface area contributed by atoms with Gasteiger partial charge in [0.25, 0.3) is 5.91 Å². The largest absolute Gasteiger partial charge is 0.495 e. The van der Waals surface area contributed by atoms with Crippen LogP contribution >= 0.6 is 0 Å². The van der Waals surface area contributed by atoms with E-state index in [0.29, 0.717) is 17.1 Å². The predicted octanol–water partition coefficient (Wildman–Crippen LogP) is 2.02. The van der Waals surface area contributed by atoms with Crippen molar-refractivity contribution in [1.29, 1.82) is 0 Å². The maximum atomic E-state index is 12.2. The monoisotopic (exact) mass is 329 g/mol. The summed E-state index contributed by atoms with van der Waals surface area (Å²) in [6, 6.07) is 3.35. The fourth-order valence-corrected chi connectivity index (χ4v) is 2.81. The lowest BCUT2D eigenvalue weighted by Gasteiger charge is -2.26. The van der Waals surface area contributed by atoms with Gasteiger partial charge >= 0.3 is 0 Å². The highest BCUT2D eigenvalue weighted by atomic mass is 16.5. The van der Waals surface area contributed by atoms with Gasteiger partial charge in [0, 0.05) is 12.7 Å². The van der Waals surface area contributed by atoms with Gasteiger partial charge in [0.1, 0.15) is 11.4 Å². The molecular weight excluding hydrogens is 306 g/mol. The van der Waals surface area contributed by atoms with Crippen molar-refractivity contribution in [2.45, 2.75) is 25.8 Å². The molecule has 2 aromatic rings. The molecule has 3 rings (SSSR count). The number of nitrogens with one attached hydrogen (secondary N) is 1. The smallest absolute Gasteiger partial charge is 0.274 e. The van der Waals surface area contributed by atoms with Crippen LogP contribution in [0, 0.1) is 0 Å². The van der Waals surface area contributed by atoms with Gasteiger partial charge in [0.15, 0.2) is 0 Å². The highest BCUT2D eigenvalue weighted by molar-refractivity contribution is 6.02. The lowest BCUT2D eigenvalue weighted by molar-refractivity contribution is 0.102. The molecule has 2 aromatic heterocycles. The van der Waals surface area contributed by atoms with E-state index in [1.54, 1.807) is 25.4 Å². The molecule has 1 aliphatic heterocycles. The van der Waals surface area contributed by atoms with Crippen LogP contribution in [0.5, 0.6) is 5.75 Å². The number of carbonyl (C=O) groups excluding carboxylic acids is 1. The third-order valence-corrected chi connectivity index (χ3v) is 4.19. The van der Waals surface area contributed by atoms with Crippen LogP contribution in [0.4, 0.5) is 5.69 Å². The van der Waals surface area contributed by atoms with Crippen molar-refractivity contribution in [2.75, 3.05) is 32.1 Å². The van der Waals surface area contributed by atoms with Gasteiger partial charge in [-0.3, -0.25) is 9.48 Å². The average molecular weight is 329 g/mol. The van der Waals surface area contributed by atoms with E-state index in [4.69, 9.17) is 4.74 Å². The number of pyridine rings is 1. The third kappa shape index (κ3) is 4.32. The van der Waals surface area contributed by atoms with Crippen molar-refractivity contribution >= 4 is 11.6 Å². The molecule has 7 nitrogen and oxygen atoms in total. The molecule has 0 aliphatic carbocycles. The summed E-state index contributed by atoms with van der Waals surface area (Å²) in [4.78, 5) is 18.7. The molecule has 128 valence electrons. The van der Waals surface area contributed by atoms with Gasteiger partial charge in [-0.25, -0.2) is 4.98 Å². The van der Waals surface area contributed by atoms with Crippen LogP contribution in [0.2, 0.25) is 0 Å². The molecule has 1 N–H and O–H groups in total. The van der Waals surface area contributed by atoms with Crippen molar-refractivity contribution in [1.82, 2.24) is 19.7 Å². The highest BCUT2D eigenvalue weighted by Crippen LogP contribution is 2.12. The van der Waals surface area contributed by atoms with Crippen LogP contribution in [0.3, 0.4) is 0 Å². The third-order valence-electron chi connectivity index (χ3n) is 4.19. The number of nitrogens with zero attached hydrogens (tertiary/aromatic N) is 4. The summed E-state index contributed by atoms with van der Waals surface area (Å²) in [5, 5.41) is 7.12. The topological polar surface area (TPSA) is 72.3 Å². The molecule has 0 spiro atoms. The first-order valence-electron chi connectivity index (χ1n) is 8.31. The molecule has 24 heavy (non-hydrogen) atoms. The Hall–Kier alpha value is -2.41. The summed E-state index contributed by atoms with van der Waals surface area (Å²) in [7, 11) is 1.56. The maximum absolute atomic E-state index is 12.2. The molecule has 3 heterocycles. The van der Waals surface area contributed by atoms with Gasteiger partial charge in [-0.05, 0) is 38.1 Å². The van der Waals surface area contributed by atoms with Crippen LogP contribution < -0.4 is 10.1 Å². The Morgan fingerprint density at radius 2 is 2.04 bits per heavy atom. The molecule has 1 aliphatic rings. The Bertz CT molecular complexity index is 662. The predicted molar refractivity (Wildman–Crippen MR) is 91.3 cm³/mol. The minimum absolute atomic E-state index is 0.256. The Balaban J connectivity index is 1.51. The molecule has 0 unspecified atom stereocenters. The Morgan fingerprint density at radius 3 is 2.75 bits per heavy atom. The number of carbonyl (C=O) groups is 1. The summed E-state index contributed by atoms with van der Waals surface area (Å²) in [5.74, 6) is 0.366. The van der Waals surface area contributed by atoms with Gasteiger partial charge in [-0.1, -0.05) is 6.42 Å². The van der Waals surface area contributed by atoms with Crippen LogP contribution in [-0.2, 0) is 6.54 Å². The fourth-order valence-electron chi connectivity index (χ4n) is 2.81. The summed E-state index contributed by atoms with van der Waals surface area (Å²) in [5.41, 5.74) is 1.02. The van der Waals surface area contributed by atoms with E-state index in [1.807, 2.05) is 10.9 Å². The van der Waals surface area contributed by atoms with Crippen LogP contribution in [0.15, 0.2) is 30.7 Å². The summed E-state index contributed by atoms with van der Waals surface area (Å²) in [6.07, 6.45) is 8.96. The minimum Gasteiger partial charge on any atom is -0.495 e. The van der Waals surface area contributed by atoms with Crippen LogP contribution in [-0.4, -0.2) is 52.3 Å². The second-order valence-corrected chi connectivity index (χ2v) is 5.93. The Morgan fingerprint density at radius 1 is 1.21 bits per heavy atom. The van der Waals surface area contributed by atoms with Crippen molar-refractivity contribution in [3.8, 4) is 5.75 Å². The fraction of sp³-hybridized carbons (Fsp3) is 0.471. The summed E-state index contributed by atoms with van der Waals surface area (Å²) >= 11 is 0. The van der Waals surface area contributed by atoms with Crippen LogP contribution in [0.1, 0.15) is 29.8 Å². The first-order chi connectivity index (χ1) is 11.7. The van der Waals surface area contributed by atoms with Gasteiger partial charge in [0.05, 0.1) is 31.7 Å². The maximum Gasteiger partial charge on any atom is 0.274 e. The zero-order chi connectivity index (χ0) is 16.8. The van der Waals surface area contributed by atoms with Crippen LogP contribution in [0.25, 0.3) is 0 Å². The quantitative estimate of drug-likeness (QED) is 0.878. The number of likely N-dealkylation sites (tertiary alicyclic amines) is 1. The molecule has 1 amide bonds. The van der Waals surface area contributed by atoms with Crippen molar-refractivity contribution in [2.24, 2.45) is 0 Å². The molecule has 0 bridgehead atoms. The number of methoxy groups -OCH3 is 1. The molecule has 7 heteroatoms. The number of rotatable bonds is 6. The Kier molecular flexibility index (Phi) is 5.43. The molecule has 0 atom stereocenters. The van der Waals surface area contributed by atoms with E-state index in [9.17, 15) is 4.79 Å². The average Bonchev–Trinajstić information content (AvgIpc) is 3.08. The summed E-state index contributed by atoms with van der Waals surface area (Å²) in [6.45, 7) is 4.17. The minimum atomic E-state index is -0.256. The van der Waals surface area contributed by atoms with E-state index in [2.05, 4.69) is 20.3 Å². The number of piperidine rings is 1. The van der Waals surface area contributed by atoms with Crippen molar-refractivity contribution in [3.63, 3.8) is 0 Å². The van der Waals surface area contributed by atoms with Gasteiger partial charge in [0.2, 0.25) is 0 Å². The number of ether oxygens (including phenoxy) is 1. The molecule has 0 radical (unpaired) electrons. The molecule has 0 saturated carbocycles. The number of anilines is 1. The van der Waals surface area contributed by atoms with Gasteiger partial charge < -0.3 is 15.0 Å². The van der Waals surface area contributed by atoms with E-state index in [1.165, 1.54) is 38.5 Å². The Labute approximate surface area is 141 Å². The summed E-state index contributed by atoms with van der Waals surface area (Å²) < 4.78 is 6.90. The highest BCUT2D eigenvalue weighted by Gasteiger charge is 2.11. The van der Waals surface area contributed by atoms with Gasteiger partial charge in [-0.2, -0.15) is 5.10 Å². The molecule has 1 saturated heterocycles. The zero-order valence-electron chi connectivity index (χ0n) is 13.9. The molecular formula is C17H23N5O2. The molecule has 1 fully saturated rings. The second kappa shape index (κ2) is 7.92. The number of hydrogen-bond donors (Lipinski definition) is 1.